The highest BCUT2D eigenvalue weighted by molar-refractivity contribution is 6.03. The summed E-state index contributed by atoms with van der Waals surface area (Å²) in [5.74, 6) is -0.185. The number of benzene rings is 1. The smallest absolute Gasteiger partial charge is 0.276 e. The van der Waals surface area contributed by atoms with Crippen molar-refractivity contribution >= 4 is 11.6 Å². The topological polar surface area (TPSA) is 46.9 Å². The van der Waals surface area contributed by atoms with Crippen LogP contribution in [0.3, 0.4) is 0 Å². The molecular weight excluding hydrogens is 202 g/mol. The Balaban J connectivity index is 2.17. The van der Waals surface area contributed by atoms with E-state index in [1.165, 1.54) is 0 Å². The van der Waals surface area contributed by atoms with E-state index in [1.807, 2.05) is 31.2 Å². The Morgan fingerprint density at radius 1 is 1.31 bits per heavy atom. The Morgan fingerprint density at radius 3 is 2.69 bits per heavy atom. The summed E-state index contributed by atoms with van der Waals surface area (Å²) in [5.41, 5.74) is 2.27. The minimum atomic E-state index is -0.185. The maximum atomic E-state index is 11.8. The van der Waals surface area contributed by atoms with Crippen molar-refractivity contribution in [3.8, 4) is 0 Å². The molecule has 0 unspecified atom stereocenters. The SMILES string of the molecule is Cc1ccccc1NC(=O)c1ccn(C)n1. The van der Waals surface area contributed by atoms with E-state index in [1.54, 1.807) is 24.0 Å². The molecular formula is C12H13N3O. The number of anilines is 1. The zero-order valence-corrected chi connectivity index (χ0v) is 9.27. The number of hydrogen-bond donors (Lipinski definition) is 1. The third-order valence-corrected chi connectivity index (χ3v) is 2.34. The van der Waals surface area contributed by atoms with Crippen LogP contribution in [-0.2, 0) is 7.05 Å². The highest BCUT2D eigenvalue weighted by Gasteiger charge is 2.09. The fourth-order valence-corrected chi connectivity index (χ4v) is 1.44. The van der Waals surface area contributed by atoms with E-state index in [0.29, 0.717) is 5.69 Å². The predicted octanol–water partition coefficient (Wildman–Crippen LogP) is 1.98. The lowest BCUT2D eigenvalue weighted by Crippen LogP contribution is -2.13. The molecule has 0 atom stereocenters. The first kappa shape index (κ1) is 10.4. The van der Waals surface area contributed by atoms with Crippen molar-refractivity contribution in [3.63, 3.8) is 0 Å². The lowest BCUT2D eigenvalue weighted by atomic mass is 10.2. The fraction of sp³-hybridized carbons (Fsp3) is 0.167. The van der Waals surface area contributed by atoms with Gasteiger partial charge in [-0.15, -0.1) is 0 Å². The van der Waals surface area contributed by atoms with Gasteiger partial charge in [-0.2, -0.15) is 5.10 Å². The number of carbonyl (C=O) groups excluding carboxylic acids is 1. The molecule has 1 aromatic carbocycles. The van der Waals surface area contributed by atoms with E-state index in [2.05, 4.69) is 10.4 Å². The quantitative estimate of drug-likeness (QED) is 0.832. The van der Waals surface area contributed by atoms with Gasteiger partial charge in [0.15, 0.2) is 5.69 Å². The van der Waals surface area contributed by atoms with E-state index in [4.69, 9.17) is 0 Å². The Kier molecular flexibility index (Phi) is 2.72. The highest BCUT2D eigenvalue weighted by Crippen LogP contribution is 2.13. The van der Waals surface area contributed by atoms with E-state index >= 15 is 0 Å². The van der Waals surface area contributed by atoms with E-state index in [0.717, 1.165) is 11.3 Å². The van der Waals surface area contributed by atoms with Gasteiger partial charge in [-0.1, -0.05) is 18.2 Å². The summed E-state index contributed by atoms with van der Waals surface area (Å²) in [7, 11) is 1.78. The number of hydrogen-bond acceptors (Lipinski definition) is 2. The molecule has 1 aromatic heterocycles. The number of para-hydroxylation sites is 1. The zero-order valence-electron chi connectivity index (χ0n) is 9.27. The molecule has 1 N–H and O–H groups in total. The number of aryl methyl sites for hydroxylation is 2. The van der Waals surface area contributed by atoms with Gasteiger partial charge in [0.05, 0.1) is 0 Å². The van der Waals surface area contributed by atoms with Gasteiger partial charge in [0.2, 0.25) is 0 Å². The van der Waals surface area contributed by atoms with Gasteiger partial charge in [0.1, 0.15) is 0 Å². The molecule has 0 aliphatic rings. The molecule has 0 aliphatic carbocycles. The van der Waals surface area contributed by atoms with Crippen molar-refractivity contribution in [3.05, 3.63) is 47.8 Å². The van der Waals surface area contributed by atoms with Crippen LogP contribution in [0.1, 0.15) is 16.1 Å². The highest BCUT2D eigenvalue weighted by atomic mass is 16.1. The molecule has 0 saturated heterocycles. The molecule has 0 saturated carbocycles. The first-order valence-electron chi connectivity index (χ1n) is 5.03. The monoisotopic (exact) mass is 215 g/mol. The number of amides is 1. The molecule has 82 valence electrons. The van der Waals surface area contributed by atoms with Gasteiger partial charge in [-0.3, -0.25) is 9.48 Å². The van der Waals surface area contributed by atoms with Crippen LogP contribution >= 0.6 is 0 Å². The maximum Gasteiger partial charge on any atom is 0.276 e. The van der Waals surface area contributed by atoms with Crippen LogP contribution in [0.2, 0.25) is 0 Å². The minimum absolute atomic E-state index is 0.185. The summed E-state index contributed by atoms with van der Waals surface area (Å²) in [6, 6.07) is 9.34. The average molecular weight is 215 g/mol. The largest absolute Gasteiger partial charge is 0.320 e. The second-order valence-electron chi connectivity index (χ2n) is 3.64. The lowest BCUT2D eigenvalue weighted by molar-refractivity contribution is 0.102. The Morgan fingerprint density at radius 2 is 2.06 bits per heavy atom. The number of carbonyl (C=O) groups is 1. The standard InChI is InChI=1S/C12H13N3O/c1-9-5-3-4-6-10(9)13-12(16)11-7-8-15(2)14-11/h3-8H,1-2H3,(H,13,16). The lowest BCUT2D eigenvalue weighted by Gasteiger charge is -2.05. The summed E-state index contributed by atoms with van der Waals surface area (Å²) >= 11 is 0. The van der Waals surface area contributed by atoms with Gasteiger partial charge in [0.25, 0.3) is 5.91 Å². The van der Waals surface area contributed by atoms with E-state index in [-0.39, 0.29) is 5.91 Å². The van der Waals surface area contributed by atoms with Crippen molar-refractivity contribution in [2.75, 3.05) is 5.32 Å². The minimum Gasteiger partial charge on any atom is -0.320 e. The van der Waals surface area contributed by atoms with Crippen molar-refractivity contribution in [1.29, 1.82) is 0 Å². The second-order valence-corrected chi connectivity index (χ2v) is 3.64. The van der Waals surface area contributed by atoms with Gasteiger partial charge < -0.3 is 5.32 Å². The van der Waals surface area contributed by atoms with Crippen LogP contribution in [0.15, 0.2) is 36.5 Å². The third kappa shape index (κ3) is 2.11. The molecule has 0 bridgehead atoms. The van der Waals surface area contributed by atoms with Gasteiger partial charge in [-0.25, -0.2) is 0 Å². The summed E-state index contributed by atoms with van der Waals surface area (Å²) in [5, 5.41) is 6.87. The number of rotatable bonds is 2. The van der Waals surface area contributed by atoms with Gasteiger partial charge in [0, 0.05) is 18.9 Å². The molecule has 16 heavy (non-hydrogen) atoms. The third-order valence-electron chi connectivity index (χ3n) is 2.34. The molecule has 0 radical (unpaired) electrons. The first-order chi connectivity index (χ1) is 7.66. The molecule has 0 fully saturated rings. The van der Waals surface area contributed by atoms with E-state index < -0.39 is 0 Å². The Labute approximate surface area is 93.9 Å². The number of nitrogens with zero attached hydrogens (tertiary/aromatic N) is 2. The van der Waals surface area contributed by atoms with Gasteiger partial charge in [-0.05, 0) is 24.6 Å². The first-order valence-corrected chi connectivity index (χ1v) is 5.03. The molecule has 1 heterocycles. The normalized spacial score (nSPS) is 10.1. The Bertz CT molecular complexity index is 516. The van der Waals surface area contributed by atoms with Gasteiger partial charge >= 0.3 is 0 Å². The predicted molar refractivity (Wildman–Crippen MR) is 62.3 cm³/mol. The van der Waals surface area contributed by atoms with Crippen LogP contribution in [0.25, 0.3) is 0 Å². The molecule has 1 amide bonds. The second kappa shape index (κ2) is 4.18. The number of aromatic nitrogens is 2. The fourth-order valence-electron chi connectivity index (χ4n) is 1.44. The van der Waals surface area contributed by atoms with Crippen LogP contribution in [-0.4, -0.2) is 15.7 Å². The maximum absolute atomic E-state index is 11.8. The zero-order chi connectivity index (χ0) is 11.5. The summed E-state index contributed by atoms with van der Waals surface area (Å²) in [4.78, 5) is 11.8. The summed E-state index contributed by atoms with van der Waals surface area (Å²) < 4.78 is 1.60. The molecule has 4 heteroatoms. The van der Waals surface area contributed by atoms with Crippen molar-refractivity contribution in [2.24, 2.45) is 7.05 Å². The van der Waals surface area contributed by atoms with Crippen molar-refractivity contribution in [1.82, 2.24) is 9.78 Å². The molecule has 2 aromatic rings. The van der Waals surface area contributed by atoms with Crippen LogP contribution < -0.4 is 5.32 Å². The summed E-state index contributed by atoms with van der Waals surface area (Å²) in [6.07, 6.45) is 1.74. The van der Waals surface area contributed by atoms with Crippen molar-refractivity contribution in [2.45, 2.75) is 6.92 Å². The Hall–Kier alpha value is -2.10. The number of nitrogens with one attached hydrogen (secondary N) is 1. The molecule has 4 nitrogen and oxygen atoms in total. The molecule has 0 spiro atoms. The summed E-state index contributed by atoms with van der Waals surface area (Å²) in [6.45, 7) is 1.95. The van der Waals surface area contributed by atoms with Crippen LogP contribution in [0.5, 0.6) is 0 Å². The molecule has 2 rings (SSSR count). The molecule has 0 aliphatic heterocycles. The van der Waals surface area contributed by atoms with Crippen LogP contribution in [0.4, 0.5) is 5.69 Å². The van der Waals surface area contributed by atoms with Crippen LogP contribution in [0, 0.1) is 6.92 Å². The van der Waals surface area contributed by atoms with Crippen molar-refractivity contribution < 1.29 is 4.79 Å². The van der Waals surface area contributed by atoms with E-state index in [9.17, 15) is 4.79 Å². The average Bonchev–Trinajstić information content (AvgIpc) is 2.68.